The highest BCUT2D eigenvalue weighted by molar-refractivity contribution is 6.43. The van der Waals surface area contributed by atoms with Gasteiger partial charge in [0.25, 0.3) is 0 Å². The van der Waals surface area contributed by atoms with E-state index in [1.54, 1.807) is 0 Å². The van der Waals surface area contributed by atoms with E-state index in [0.29, 0.717) is 13.2 Å². The van der Waals surface area contributed by atoms with Gasteiger partial charge >= 0.3 is 9.28 Å². The van der Waals surface area contributed by atoms with Crippen molar-refractivity contribution in [2.75, 3.05) is 13.2 Å². The summed E-state index contributed by atoms with van der Waals surface area (Å²) in [4.78, 5) is 0. The Bertz CT molecular complexity index is 707. The third kappa shape index (κ3) is 5.40. The molecular weight excluding hydrogens is 336 g/mol. The fourth-order valence-corrected chi connectivity index (χ4v) is 4.89. The summed E-state index contributed by atoms with van der Waals surface area (Å²) in [5, 5.41) is 0. The Balaban J connectivity index is 1.73. The Morgan fingerprint density at radius 1 is 0.692 bits per heavy atom. The summed E-state index contributed by atoms with van der Waals surface area (Å²) >= 11 is 0. The second-order valence-electron chi connectivity index (χ2n) is 6.28. The van der Waals surface area contributed by atoms with Crippen LogP contribution in [0.1, 0.15) is 29.5 Å². The van der Waals surface area contributed by atoms with Crippen molar-refractivity contribution in [3.8, 4) is 0 Å². The van der Waals surface area contributed by atoms with E-state index in [0.717, 1.165) is 6.04 Å². The molecule has 0 heterocycles. The minimum absolute atomic E-state index is 0.226. The predicted molar refractivity (Wildman–Crippen MR) is 110 cm³/mol. The van der Waals surface area contributed by atoms with E-state index >= 15 is 0 Å². The van der Waals surface area contributed by atoms with Crippen molar-refractivity contribution in [3.05, 3.63) is 108 Å². The summed E-state index contributed by atoms with van der Waals surface area (Å²) in [5.41, 5.74) is 3.85. The average molecular weight is 363 g/mol. The van der Waals surface area contributed by atoms with E-state index in [-0.39, 0.29) is 5.92 Å². The van der Waals surface area contributed by atoms with Crippen LogP contribution in [0.4, 0.5) is 0 Å². The molecule has 0 bridgehead atoms. The topological polar surface area (TPSA) is 18.5 Å². The second-order valence-corrected chi connectivity index (χ2v) is 8.22. The lowest BCUT2D eigenvalue weighted by atomic mass is 9.92. The maximum atomic E-state index is 6.37. The maximum Gasteiger partial charge on any atom is 0.325 e. The molecule has 0 fully saturated rings. The zero-order chi connectivity index (χ0) is 18.0. The van der Waals surface area contributed by atoms with Crippen LogP contribution >= 0.6 is 0 Å². The molecule has 0 saturated carbocycles. The molecule has 2 nitrogen and oxygen atoms in total. The monoisotopic (exact) mass is 362 g/mol. The fraction of sp³-hybridized carbons (Fsp3) is 0.217. The van der Waals surface area contributed by atoms with Gasteiger partial charge in [-0.25, -0.2) is 0 Å². The van der Waals surface area contributed by atoms with Gasteiger partial charge in [0.1, 0.15) is 0 Å². The molecule has 0 aromatic heterocycles. The van der Waals surface area contributed by atoms with Crippen LogP contribution in [0, 0.1) is 0 Å². The highest BCUT2D eigenvalue weighted by Gasteiger charge is 2.19. The van der Waals surface area contributed by atoms with Crippen molar-refractivity contribution in [3.63, 3.8) is 0 Å². The number of rotatable bonds is 9. The normalized spacial score (nSPS) is 12.2. The molecule has 26 heavy (non-hydrogen) atoms. The summed E-state index contributed by atoms with van der Waals surface area (Å²) in [6, 6.07) is 32.6. The molecule has 0 saturated heterocycles. The third-order valence-electron chi connectivity index (χ3n) is 4.45. The van der Waals surface area contributed by atoms with Crippen LogP contribution in [0.15, 0.2) is 91.0 Å². The van der Waals surface area contributed by atoms with Crippen LogP contribution in [-0.2, 0) is 14.9 Å². The van der Waals surface area contributed by atoms with Crippen molar-refractivity contribution in [1.29, 1.82) is 0 Å². The molecule has 3 rings (SSSR count). The molecule has 0 aliphatic carbocycles. The van der Waals surface area contributed by atoms with Gasteiger partial charge in [-0.3, -0.25) is 0 Å². The van der Waals surface area contributed by atoms with Crippen LogP contribution in [0.3, 0.4) is 0 Å². The highest BCUT2D eigenvalue weighted by Crippen LogP contribution is 2.25. The molecule has 1 unspecified atom stereocenters. The standard InChI is InChI=1S/C23H26O2Si/c1-2-24-26(19-20-12-6-3-7-13-20)25-18-23(21-14-8-4-9-15-21)22-16-10-5-11-17-22/h3-17,23,26H,2,18-19H2,1H3. The number of benzene rings is 3. The predicted octanol–water partition coefficient (Wildman–Crippen LogP) is 4.87. The summed E-state index contributed by atoms with van der Waals surface area (Å²) < 4.78 is 12.4. The molecule has 134 valence electrons. The number of hydrogen-bond acceptors (Lipinski definition) is 2. The van der Waals surface area contributed by atoms with Crippen LogP contribution < -0.4 is 0 Å². The Hall–Kier alpha value is -2.20. The molecule has 3 aromatic carbocycles. The lowest BCUT2D eigenvalue weighted by molar-refractivity contribution is 0.198. The Morgan fingerprint density at radius 2 is 1.19 bits per heavy atom. The molecular formula is C23H26O2Si. The molecule has 0 aliphatic rings. The quantitative estimate of drug-likeness (QED) is 0.505. The third-order valence-corrected chi connectivity index (χ3v) is 6.52. The van der Waals surface area contributed by atoms with Crippen molar-refractivity contribution in [2.45, 2.75) is 18.9 Å². The zero-order valence-corrected chi connectivity index (χ0v) is 16.4. The highest BCUT2D eigenvalue weighted by atomic mass is 28.3. The van der Waals surface area contributed by atoms with Crippen LogP contribution in [0.2, 0.25) is 0 Å². The van der Waals surface area contributed by atoms with Gasteiger partial charge in [0, 0.05) is 25.2 Å². The van der Waals surface area contributed by atoms with Gasteiger partial charge < -0.3 is 8.85 Å². The Kier molecular flexibility index (Phi) is 7.20. The van der Waals surface area contributed by atoms with Crippen LogP contribution in [-0.4, -0.2) is 22.5 Å². The first kappa shape index (κ1) is 18.6. The van der Waals surface area contributed by atoms with Crippen molar-refractivity contribution < 1.29 is 8.85 Å². The zero-order valence-electron chi connectivity index (χ0n) is 15.3. The lowest BCUT2D eigenvalue weighted by Crippen LogP contribution is -2.28. The van der Waals surface area contributed by atoms with Gasteiger partial charge in [0.2, 0.25) is 0 Å². The molecule has 0 aliphatic heterocycles. The van der Waals surface area contributed by atoms with Gasteiger partial charge in [-0.05, 0) is 23.6 Å². The summed E-state index contributed by atoms with van der Waals surface area (Å²) in [6.07, 6.45) is 0. The van der Waals surface area contributed by atoms with Gasteiger partial charge in [-0.15, -0.1) is 0 Å². The van der Waals surface area contributed by atoms with Gasteiger partial charge in [0.05, 0.1) is 0 Å². The Labute approximate surface area is 158 Å². The van der Waals surface area contributed by atoms with E-state index in [1.165, 1.54) is 16.7 Å². The molecule has 0 radical (unpaired) electrons. The van der Waals surface area contributed by atoms with Gasteiger partial charge in [0.15, 0.2) is 0 Å². The molecule has 3 heteroatoms. The fourth-order valence-electron chi connectivity index (χ4n) is 3.12. The van der Waals surface area contributed by atoms with Crippen LogP contribution in [0.25, 0.3) is 0 Å². The first-order chi connectivity index (χ1) is 12.9. The minimum Gasteiger partial charge on any atom is -0.397 e. The molecule has 0 spiro atoms. The Morgan fingerprint density at radius 3 is 1.69 bits per heavy atom. The van der Waals surface area contributed by atoms with E-state index in [1.807, 2.05) is 13.0 Å². The van der Waals surface area contributed by atoms with E-state index in [2.05, 4.69) is 84.9 Å². The first-order valence-corrected chi connectivity index (χ1v) is 11.0. The first-order valence-electron chi connectivity index (χ1n) is 9.24. The molecule has 0 amide bonds. The van der Waals surface area contributed by atoms with Crippen molar-refractivity contribution in [1.82, 2.24) is 0 Å². The molecule has 1 atom stereocenters. The van der Waals surface area contributed by atoms with Gasteiger partial charge in [-0.1, -0.05) is 91.0 Å². The smallest absolute Gasteiger partial charge is 0.325 e. The SMILES string of the molecule is CCO[SiH](Cc1ccccc1)OCC(c1ccccc1)c1ccccc1. The summed E-state index contributed by atoms with van der Waals surface area (Å²) in [7, 11) is -1.76. The summed E-state index contributed by atoms with van der Waals surface area (Å²) in [6.45, 7) is 3.39. The van der Waals surface area contributed by atoms with Crippen molar-refractivity contribution >= 4 is 9.28 Å². The summed E-state index contributed by atoms with van der Waals surface area (Å²) in [5.74, 6) is 0.226. The maximum absolute atomic E-state index is 6.37. The lowest BCUT2D eigenvalue weighted by Gasteiger charge is -2.22. The van der Waals surface area contributed by atoms with Crippen LogP contribution in [0.5, 0.6) is 0 Å². The van der Waals surface area contributed by atoms with E-state index in [9.17, 15) is 0 Å². The van der Waals surface area contributed by atoms with E-state index < -0.39 is 9.28 Å². The second kappa shape index (κ2) is 10.1. The van der Waals surface area contributed by atoms with Crippen molar-refractivity contribution in [2.24, 2.45) is 0 Å². The average Bonchev–Trinajstić information content (AvgIpc) is 2.71. The largest absolute Gasteiger partial charge is 0.397 e. The molecule has 3 aromatic rings. The minimum atomic E-state index is -1.76. The number of hydrogen-bond donors (Lipinski definition) is 0. The molecule has 0 N–H and O–H groups in total. The van der Waals surface area contributed by atoms with E-state index in [4.69, 9.17) is 8.85 Å². The van der Waals surface area contributed by atoms with Gasteiger partial charge in [-0.2, -0.15) is 0 Å².